The lowest BCUT2D eigenvalue weighted by molar-refractivity contribution is 0.787. The molecule has 1 aromatic carbocycles. The lowest BCUT2D eigenvalue weighted by atomic mass is 10.1. The molecule has 0 radical (unpaired) electrons. The fourth-order valence-corrected chi connectivity index (χ4v) is 2.64. The molecular weight excluding hydrogens is 368 g/mol. The molecule has 0 aliphatic heterocycles. The van der Waals surface area contributed by atoms with Crippen molar-refractivity contribution in [1.29, 1.82) is 0 Å². The number of hydrogen-bond acceptors (Lipinski definition) is 2. The van der Waals surface area contributed by atoms with Gasteiger partial charge in [0, 0.05) is 10.5 Å². The molecule has 0 amide bonds. The Kier molecular flexibility index (Phi) is 4.99. The van der Waals surface area contributed by atoms with Gasteiger partial charge in [0.05, 0.1) is 11.4 Å². The van der Waals surface area contributed by atoms with Gasteiger partial charge in [0.25, 0.3) is 0 Å². The minimum Gasteiger partial charge on any atom is -0.381 e. The first-order chi connectivity index (χ1) is 9.04. The summed E-state index contributed by atoms with van der Waals surface area (Å²) in [6.45, 7) is 4.20. The minimum absolute atomic E-state index is 0.364. The molecule has 2 aromatic rings. The van der Waals surface area contributed by atoms with Crippen LogP contribution in [0.4, 0.5) is 5.69 Å². The fourth-order valence-electron chi connectivity index (χ4n) is 1.97. The molecule has 19 heavy (non-hydrogen) atoms. The highest BCUT2D eigenvalue weighted by molar-refractivity contribution is 9.10. The third-order valence-electron chi connectivity index (χ3n) is 2.91. The molecule has 1 aromatic heterocycles. The van der Waals surface area contributed by atoms with E-state index in [-0.39, 0.29) is 0 Å². The summed E-state index contributed by atoms with van der Waals surface area (Å²) >= 11 is 6.83. The van der Waals surface area contributed by atoms with E-state index in [4.69, 9.17) is 0 Å². The monoisotopic (exact) mass is 382 g/mol. The molecule has 1 heterocycles. The van der Waals surface area contributed by atoms with Crippen molar-refractivity contribution < 1.29 is 0 Å². The molecule has 1 unspecified atom stereocenters. The van der Waals surface area contributed by atoms with E-state index in [9.17, 15) is 0 Å². The maximum Gasteiger partial charge on any atom is 0.106 e. The molecular formula is C15H16Br2N2. The van der Waals surface area contributed by atoms with Crippen LogP contribution >= 0.6 is 31.9 Å². The highest BCUT2D eigenvalue weighted by atomic mass is 79.9. The first-order valence-electron chi connectivity index (χ1n) is 6.19. The second kappa shape index (κ2) is 6.53. The predicted octanol–water partition coefficient (Wildman–Crippen LogP) is 4.96. The van der Waals surface area contributed by atoms with Crippen LogP contribution in [0.2, 0.25) is 0 Å². The van der Waals surface area contributed by atoms with Crippen LogP contribution in [0, 0.1) is 6.92 Å². The van der Waals surface area contributed by atoms with E-state index in [2.05, 4.69) is 79.4 Å². The topological polar surface area (TPSA) is 24.9 Å². The molecule has 2 rings (SSSR count). The molecule has 0 fully saturated rings. The average Bonchev–Trinajstić information content (AvgIpc) is 2.36. The van der Waals surface area contributed by atoms with Gasteiger partial charge in [0.15, 0.2) is 0 Å². The Morgan fingerprint density at radius 3 is 2.42 bits per heavy atom. The number of pyridine rings is 1. The van der Waals surface area contributed by atoms with Crippen LogP contribution in [0.15, 0.2) is 45.5 Å². The van der Waals surface area contributed by atoms with Crippen LogP contribution in [0.25, 0.3) is 0 Å². The Labute approximate surface area is 130 Å². The molecule has 1 atom stereocenters. The van der Waals surface area contributed by atoms with E-state index in [1.807, 2.05) is 13.0 Å². The standard InChI is InChI=1S/C15H16Br2N2/c1-10(9-12-3-5-13(16)6-4-12)18-14-7-8-15(17)19-11(14)2/h3-8,10,18H,9H2,1-2H3. The van der Waals surface area contributed by atoms with Crippen molar-refractivity contribution in [2.45, 2.75) is 26.3 Å². The summed E-state index contributed by atoms with van der Waals surface area (Å²) in [6.07, 6.45) is 0.989. The van der Waals surface area contributed by atoms with Crippen molar-refractivity contribution in [3.63, 3.8) is 0 Å². The Bertz CT molecular complexity index is 553. The number of nitrogens with zero attached hydrogens (tertiary/aromatic N) is 1. The first-order valence-corrected chi connectivity index (χ1v) is 7.77. The Balaban J connectivity index is 2.01. The van der Waals surface area contributed by atoms with E-state index in [1.54, 1.807) is 0 Å². The molecule has 2 nitrogen and oxygen atoms in total. The van der Waals surface area contributed by atoms with Gasteiger partial charge < -0.3 is 5.32 Å². The summed E-state index contributed by atoms with van der Waals surface area (Å²) < 4.78 is 1.99. The zero-order valence-electron chi connectivity index (χ0n) is 11.0. The SMILES string of the molecule is Cc1nc(Br)ccc1NC(C)Cc1ccc(Br)cc1. The highest BCUT2D eigenvalue weighted by Gasteiger charge is 2.06. The number of hydrogen-bond donors (Lipinski definition) is 1. The smallest absolute Gasteiger partial charge is 0.106 e. The van der Waals surface area contributed by atoms with Gasteiger partial charge in [0.2, 0.25) is 0 Å². The Morgan fingerprint density at radius 2 is 1.79 bits per heavy atom. The molecule has 1 N–H and O–H groups in total. The van der Waals surface area contributed by atoms with Crippen molar-refractivity contribution in [1.82, 2.24) is 4.98 Å². The van der Waals surface area contributed by atoms with Gasteiger partial charge in [-0.15, -0.1) is 0 Å². The average molecular weight is 384 g/mol. The van der Waals surface area contributed by atoms with E-state index in [0.717, 1.165) is 26.9 Å². The van der Waals surface area contributed by atoms with Crippen molar-refractivity contribution in [2.24, 2.45) is 0 Å². The van der Waals surface area contributed by atoms with Gasteiger partial charge in [-0.1, -0.05) is 28.1 Å². The summed E-state index contributed by atoms with van der Waals surface area (Å²) in [5.74, 6) is 0. The van der Waals surface area contributed by atoms with E-state index in [1.165, 1.54) is 5.56 Å². The van der Waals surface area contributed by atoms with Crippen molar-refractivity contribution in [2.75, 3.05) is 5.32 Å². The maximum atomic E-state index is 4.39. The summed E-state index contributed by atoms with van der Waals surface area (Å²) in [5.41, 5.74) is 3.43. The van der Waals surface area contributed by atoms with Crippen LogP contribution in [0.1, 0.15) is 18.2 Å². The number of anilines is 1. The summed E-state index contributed by atoms with van der Waals surface area (Å²) in [4.78, 5) is 4.39. The van der Waals surface area contributed by atoms with Gasteiger partial charge in [-0.3, -0.25) is 0 Å². The zero-order valence-corrected chi connectivity index (χ0v) is 14.1. The van der Waals surface area contributed by atoms with Crippen LogP contribution < -0.4 is 5.32 Å². The van der Waals surface area contributed by atoms with Gasteiger partial charge in [-0.25, -0.2) is 4.98 Å². The molecule has 4 heteroatoms. The number of aromatic nitrogens is 1. The molecule has 0 aliphatic rings. The van der Waals surface area contributed by atoms with E-state index < -0.39 is 0 Å². The quantitative estimate of drug-likeness (QED) is 0.754. The number of aryl methyl sites for hydroxylation is 1. The zero-order chi connectivity index (χ0) is 13.8. The molecule has 0 saturated heterocycles. The molecule has 0 spiro atoms. The van der Waals surface area contributed by atoms with Gasteiger partial charge in [-0.05, 0) is 66.0 Å². The Morgan fingerprint density at radius 1 is 1.11 bits per heavy atom. The van der Waals surface area contributed by atoms with Crippen molar-refractivity contribution in [3.05, 3.63) is 56.7 Å². The van der Waals surface area contributed by atoms with Crippen molar-refractivity contribution in [3.8, 4) is 0 Å². The second-order valence-electron chi connectivity index (χ2n) is 4.64. The first kappa shape index (κ1) is 14.5. The molecule has 100 valence electrons. The third kappa shape index (κ3) is 4.32. The number of benzene rings is 1. The fraction of sp³-hybridized carbons (Fsp3) is 0.267. The lowest BCUT2D eigenvalue weighted by Gasteiger charge is -2.17. The van der Waals surface area contributed by atoms with Crippen LogP contribution in [-0.4, -0.2) is 11.0 Å². The Hall–Kier alpha value is -0.870. The predicted molar refractivity (Wildman–Crippen MR) is 87.6 cm³/mol. The third-order valence-corrected chi connectivity index (χ3v) is 3.88. The maximum absolute atomic E-state index is 4.39. The summed E-state index contributed by atoms with van der Waals surface area (Å²) in [6, 6.07) is 12.8. The molecule has 0 aliphatic carbocycles. The minimum atomic E-state index is 0.364. The normalized spacial score (nSPS) is 12.2. The molecule has 0 saturated carbocycles. The summed E-state index contributed by atoms with van der Waals surface area (Å²) in [5, 5.41) is 3.51. The molecule has 0 bridgehead atoms. The van der Waals surface area contributed by atoms with E-state index >= 15 is 0 Å². The lowest BCUT2D eigenvalue weighted by Crippen LogP contribution is -2.18. The number of nitrogens with one attached hydrogen (secondary N) is 1. The van der Waals surface area contributed by atoms with E-state index in [0.29, 0.717) is 6.04 Å². The second-order valence-corrected chi connectivity index (χ2v) is 6.37. The highest BCUT2D eigenvalue weighted by Crippen LogP contribution is 2.18. The van der Waals surface area contributed by atoms with Crippen LogP contribution in [0.5, 0.6) is 0 Å². The van der Waals surface area contributed by atoms with Crippen LogP contribution in [0.3, 0.4) is 0 Å². The summed E-state index contributed by atoms with van der Waals surface area (Å²) in [7, 11) is 0. The van der Waals surface area contributed by atoms with Crippen molar-refractivity contribution >= 4 is 37.5 Å². The van der Waals surface area contributed by atoms with Gasteiger partial charge in [0.1, 0.15) is 4.60 Å². The van der Waals surface area contributed by atoms with Gasteiger partial charge in [-0.2, -0.15) is 0 Å². The largest absolute Gasteiger partial charge is 0.381 e. The van der Waals surface area contributed by atoms with Gasteiger partial charge >= 0.3 is 0 Å². The van der Waals surface area contributed by atoms with Crippen LogP contribution in [-0.2, 0) is 6.42 Å². The number of halogens is 2. The number of rotatable bonds is 4.